The molecule has 2 N–H and O–H groups in total. The van der Waals surface area contributed by atoms with E-state index in [0.717, 1.165) is 5.92 Å². The summed E-state index contributed by atoms with van der Waals surface area (Å²) in [6.45, 7) is 2.16. The maximum atomic E-state index is 5.90. The van der Waals surface area contributed by atoms with Crippen molar-refractivity contribution in [1.82, 2.24) is 0 Å². The quantitative estimate of drug-likeness (QED) is 0.722. The van der Waals surface area contributed by atoms with E-state index in [-0.39, 0.29) is 0 Å². The van der Waals surface area contributed by atoms with Gasteiger partial charge in [0.15, 0.2) is 0 Å². The monoisotopic (exact) mass is 189 g/mol. The molecule has 1 nitrogen and oxygen atoms in total. The number of benzene rings is 1. The van der Waals surface area contributed by atoms with Crippen molar-refractivity contribution in [2.24, 2.45) is 5.73 Å². The molecular formula is C13H19N. The molecule has 1 aromatic carbocycles. The van der Waals surface area contributed by atoms with Gasteiger partial charge in [0.05, 0.1) is 0 Å². The second-order valence-corrected chi connectivity index (χ2v) is 4.53. The van der Waals surface area contributed by atoms with E-state index in [0.29, 0.717) is 6.04 Å². The van der Waals surface area contributed by atoms with Gasteiger partial charge in [-0.2, -0.15) is 0 Å². The van der Waals surface area contributed by atoms with Crippen LogP contribution in [-0.2, 0) is 0 Å². The summed E-state index contributed by atoms with van der Waals surface area (Å²) in [6, 6.07) is 9.36. The van der Waals surface area contributed by atoms with E-state index < -0.39 is 0 Å². The van der Waals surface area contributed by atoms with E-state index in [1.807, 2.05) is 0 Å². The van der Waals surface area contributed by atoms with Crippen LogP contribution in [0.25, 0.3) is 0 Å². The molecule has 0 amide bonds. The fraction of sp³-hybridized carbons (Fsp3) is 0.538. The van der Waals surface area contributed by atoms with Crippen LogP contribution in [-0.4, -0.2) is 6.04 Å². The minimum atomic E-state index is 0.455. The van der Waals surface area contributed by atoms with Crippen molar-refractivity contribution in [2.75, 3.05) is 0 Å². The predicted molar refractivity (Wildman–Crippen MR) is 60.4 cm³/mol. The lowest BCUT2D eigenvalue weighted by atomic mass is 9.82. The molecule has 1 fully saturated rings. The Labute approximate surface area is 86.3 Å². The van der Waals surface area contributed by atoms with Gasteiger partial charge < -0.3 is 5.73 Å². The zero-order chi connectivity index (χ0) is 9.97. The SMILES string of the molecule is Cc1cccc(C2CCC(N)CC2)c1. The van der Waals surface area contributed by atoms with Crippen molar-refractivity contribution < 1.29 is 0 Å². The molecule has 0 radical (unpaired) electrons. The first kappa shape index (κ1) is 9.72. The van der Waals surface area contributed by atoms with Gasteiger partial charge in [-0.1, -0.05) is 29.8 Å². The highest BCUT2D eigenvalue weighted by Crippen LogP contribution is 2.32. The fourth-order valence-corrected chi connectivity index (χ4v) is 2.38. The summed E-state index contributed by atoms with van der Waals surface area (Å²) in [7, 11) is 0. The van der Waals surface area contributed by atoms with Gasteiger partial charge in [-0.25, -0.2) is 0 Å². The molecule has 1 heteroatoms. The van der Waals surface area contributed by atoms with Gasteiger partial charge in [0.2, 0.25) is 0 Å². The van der Waals surface area contributed by atoms with Crippen molar-refractivity contribution in [3.8, 4) is 0 Å². The molecule has 0 atom stereocenters. The van der Waals surface area contributed by atoms with Gasteiger partial charge in [-0.05, 0) is 44.1 Å². The number of aryl methyl sites for hydroxylation is 1. The Bertz CT molecular complexity index is 298. The number of hydrogen-bond donors (Lipinski definition) is 1. The molecule has 0 heterocycles. The molecule has 0 aromatic heterocycles. The molecule has 1 saturated carbocycles. The van der Waals surface area contributed by atoms with Crippen molar-refractivity contribution in [1.29, 1.82) is 0 Å². The van der Waals surface area contributed by atoms with Gasteiger partial charge >= 0.3 is 0 Å². The summed E-state index contributed by atoms with van der Waals surface area (Å²) in [5.41, 5.74) is 8.79. The second kappa shape index (κ2) is 4.14. The largest absolute Gasteiger partial charge is 0.328 e. The van der Waals surface area contributed by atoms with E-state index in [4.69, 9.17) is 5.73 Å². The molecule has 76 valence electrons. The number of nitrogens with two attached hydrogens (primary N) is 1. The van der Waals surface area contributed by atoms with Gasteiger partial charge in [0.1, 0.15) is 0 Å². The average molecular weight is 189 g/mol. The highest BCUT2D eigenvalue weighted by atomic mass is 14.6. The summed E-state index contributed by atoms with van der Waals surface area (Å²) >= 11 is 0. The lowest BCUT2D eigenvalue weighted by molar-refractivity contribution is 0.395. The molecule has 2 rings (SSSR count). The normalized spacial score (nSPS) is 27.6. The minimum Gasteiger partial charge on any atom is -0.328 e. The first-order chi connectivity index (χ1) is 6.75. The summed E-state index contributed by atoms with van der Waals surface area (Å²) < 4.78 is 0. The van der Waals surface area contributed by atoms with Crippen molar-refractivity contribution in [3.05, 3.63) is 35.4 Å². The molecule has 0 unspecified atom stereocenters. The maximum Gasteiger partial charge on any atom is 0.00392 e. The van der Waals surface area contributed by atoms with Crippen LogP contribution >= 0.6 is 0 Å². The Morgan fingerprint density at radius 1 is 1.14 bits per heavy atom. The lowest BCUT2D eigenvalue weighted by Gasteiger charge is -2.26. The van der Waals surface area contributed by atoms with Crippen molar-refractivity contribution in [3.63, 3.8) is 0 Å². The first-order valence-electron chi connectivity index (χ1n) is 5.58. The van der Waals surface area contributed by atoms with Crippen LogP contribution in [0.4, 0.5) is 0 Å². The van der Waals surface area contributed by atoms with Crippen LogP contribution in [0.3, 0.4) is 0 Å². The fourth-order valence-electron chi connectivity index (χ4n) is 2.38. The van der Waals surface area contributed by atoms with Gasteiger partial charge in [-0.15, -0.1) is 0 Å². The molecule has 0 aliphatic heterocycles. The minimum absolute atomic E-state index is 0.455. The molecule has 1 aromatic rings. The third-order valence-corrected chi connectivity index (χ3v) is 3.29. The molecule has 0 saturated heterocycles. The van der Waals surface area contributed by atoms with Crippen molar-refractivity contribution >= 4 is 0 Å². The molecule has 14 heavy (non-hydrogen) atoms. The Morgan fingerprint density at radius 3 is 2.50 bits per heavy atom. The molecule has 0 spiro atoms. The smallest absolute Gasteiger partial charge is 0.00392 e. The highest BCUT2D eigenvalue weighted by molar-refractivity contribution is 5.25. The highest BCUT2D eigenvalue weighted by Gasteiger charge is 2.19. The summed E-state index contributed by atoms with van der Waals surface area (Å²) in [6.07, 6.45) is 4.92. The Morgan fingerprint density at radius 2 is 1.86 bits per heavy atom. The Kier molecular flexibility index (Phi) is 2.87. The van der Waals surface area contributed by atoms with Crippen LogP contribution in [0.2, 0.25) is 0 Å². The van der Waals surface area contributed by atoms with Crippen LogP contribution < -0.4 is 5.73 Å². The zero-order valence-electron chi connectivity index (χ0n) is 8.87. The third kappa shape index (κ3) is 2.16. The second-order valence-electron chi connectivity index (χ2n) is 4.53. The maximum absolute atomic E-state index is 5.90. The van der Waals surface area contributed by atoms with Crippen LogP contribution in [0.1, 0.15) is 42.7 Å². The number of hydrogen-bond acceptors (Lipinski definition) is 1. The predicted octanol–water partition coefficient (Wildman–Crippen LogP) is 2.98. The van der Waals surface area contributed by atoms with Crippen LogP contribution in [0, 0.1) is 6.92 Å². The third-order valence-electron chi connectivity index (χ3n) is 3.29. The summed E-state index contributed by atoms with van der Waals surface area (Å²) in [5, 5.41) is 0. The lowest BCUT2D eigenvalue weighted by Crippen LogP contribution is -2.25. The van der Waals surface area contributed by atoms with Crippen molar-refractivity contribution in [2.45, 2.75) is 44.6 Å². The Hall–Kier alpha value is -0.820. The molecule has 1 aliphatic carbocycles. The zero-order valence-corrected chi connectivity index (χ0v) is 8.87. The van der Waals surface area contributed by atoms with E-state index >= 15 is 0 Å². The van der Waals surface area contributed by atoms with Crippen LogP contribution in [0.15, 0.2) is 24.3 Å². The average Bonchev–Trinajstić information content (AvgIpc) is 2.19. The Balaban J connectivity index is 2.08. The standard InChI is InChI=1S/C13H19N/c1-10-3-2-4-12(9-10)11-5-7-13(14)8-6-11/h2-4,9,11,13H,5-8,14H2,1H3. The topological polar surface area (TPSA) is 26.0 Å². The van der Waals surface area contributed by atoms with Gasteiger partial charge in [0.25, 0.3) is 0 Å². The summed E-state index contributed by atoms with van der Waals surface area (Å²) in [4.78, 5) is 0. The molecular weight excluding hydrogens is 170 g/mol. The molecule has 0 bridgehead atoms. The van der Waals surface area contributed by atoms with Crippen LogP contribution in [0.5, 0.6) is 0 Å². The summed E-state index contributed by atoms with van der Waals surface area (Å²) in [5.74, 6) is 0.759. The van der Waals surface area contributed by atoms with Gasteiger partial charge in [0, 0.05) is 6.04 Å². The van der Waals surface area contributed by atoms with E-state index in [9.17, 15) is 0 Å². The van der Waals surface area contributed by atoms with E-state index in [1.54, 1.807) is 0 Å². The first-order valence-corrected chi connectivity index (χ1v) is 5.58. The number of rotatable bonds is 1. The molecule has 1 aliphatic rings. The van der Waals surface area contributed by atoms with E-state index in [2.05, 4.69) is 31.2 Å². The van der Waals surface area contributed by atoms with Gasteiger partial charge in [-0.3, -0.25) is 0 Å². The van der Waals surface area contributed by atoms with E-state index in [1.165, 1.54) is 36.8 Å².